The van der Waals surface area contributed by atoms with Crippen LogP contribution in [-0.4, -0.2) is 25.6 Å². The number of aromatic nitrogens is 1. The number of aryl methyl sites for hydroxylation is 1. The molecule has 21 heavy (non-hydrogen) atoms. The molecule has 0 spiro atoms. The van der Waals surface area contributed by atoms with E-state index in [-0.39, 0.29) is 5.91 Å². The minimum atomic E-state index is -3.39. The molecule has 7 heteroatoms. The highest BCUT2D eigenvalue weighted by atomic mass is 32.2. The van der Waals surface area contributed by atoms with Crippen molar-refractivity contribution in [2.45, 2.75) is 6.92 Å². The van der Waals surface area contributed by atoms with Crippen molar-refractivity contribution in [2.75, 3.05) is 16.3 Å². The molecule has 0 aliphatic carbocycles. The van der Waals surface area contributed by atoms with Gasteiger partial charge in [0.25, 0.3) is 5.91 Å². The van der Waals surface area contributed by atoms with Crippen LogP contribution in [0.2, 0.25) is 0 Å². The Bertz CT molecular complexity index is 758. The van der Waals surface area contributed by atoms with Gasteiger partial charge in [-0.1, -0.05) is 6.07 Å². The lowest BCUT2D eigenvalue weighted by Crippen LogP contribution is -2.14. The van der Waals surface area contributed by atoms with E-state index in [0.29, 0.717) is 16.9 Å². The minimum absolute atomic E-state index is 0.322. The van der Waals surface area contributed by atoms with Crippen LogP contribution in [0, 0.1) is 6.92 Å². The Morgan fingerprint density at radius 2 is 1.81 bits per heavy atom. The number of pyridine rings is 1. The van der Waals surface area contributed by atoms with Gasteiger partial charge in [0.05, 0.1) is 11.9 Å². The number of hydrogen-bond acceptors (Lipinski definition) is 4. The summed E-state index contributed by atoms with van der Waals surface area (Å²) in [6.07, 6.45) is 4.21. The lowest BCUT2D eigenvalue weighted by Gasteiger charge is -2.10. The summed E-state index contributed by atoms with van der Waals surface area (Å²) in [4.78, 5) is 16.0. The average Bonchev–Trinajstić information content (AvgIpc) is 2.41. The highest BCUT2D eigenvalue weighted by molar-refractivity contribution is 7.92. The molecule has 0 saturated carbocycles. The first-order valence-electron chi connectivity index (χ1n) is 6.15. The molecule has 0 saturated heterocycles. The van der Waals surface area contributed by atoms with E-state index in [1.165, 1.54) is 6.07 Å². The van der Waals surface area contributed by atoms with Crippen molar-refractivity contribution < 1.29 is 13.2 Å². The lowest BCUT2D eigenvalue weighted by atomic mass is 10.1. The fourth-order valence-corrected chi connectivity index (χ4v) is 2.33. The lowest BCUT2D eigenvalue weighted by molar-refractivity contribution is 0.102. The molecule has 110 valence electrons. The Labute approximate surface area is 123 Å². The Morgan fingerprint density at radius 3 is 2.43 bits per heavy atom. The smallest absolute Gasteiger partial charge is 0.255 e. The highest BCUT2D eigenvalue weighted by Gasteiger charge is 2.11. The van der Waals surface area contributed by atoms with E-state index >= 15 is 0 Å². The number of hydrogen-bond donors (Lipinski definition) is 2. The molecule has 2 aromatic rings. The van der Waals surface area contributed by atoms with Crippen molar-refractivity contribution in [2.24, 2.45) is 0 Å². The normalized spacial score (nSPS) is 11.0. The minimum Gasteiger partial charge on any atom is -0.322 e. The summed E-state index contributed by atoms with van der Waals surface area (Å²) in [5.74, 6) is -0.322. The molecule has 1 aromatic carbocycles. The Hall–Kier alpha value is -2.41. The van der Waals surface area contributed by atoms with Gasteiger partial charge in [-0.05, 0) is 36.8 Å². The van der Waals surface area contributed by atoms with Gasteiger partial charge in [-0.15, -0.1) is 0 Å². The summed E-state index contributed by atoms with van der Waals surface area (Å²) in [6.45, 7) is 1.76. The molecule has 0 fully saturated rings. The van der Waals surface area contributed by atoms with E-state index in [2.05, 4.69) is 15.0 Å². The van der Waals surface area contributed by atoms with Crippen molar-refractivity contribution in [3.05, 3.63) is 53.9 Å². The third kappa shape index (κ3) is 4.28. The summed E-state index contributed by atoms with van der Waals surface area (Å²) in [5.41, 5.74) is 2.11. The molecule has 0 radical (unpaired) electrons. The standard InChI is InChI=1S/C14H15N3O3S/c1-10-3-4-11(9-13(10)17-21(2,19)20)14(18)16-12-5-7-15-8-6-12/h3-9,17H,1-2H3,(H,15,16,18). The predicted octanol–water partition coefficient (Wildman–Crippen LogP) is 2.01. The summed E-state index contributed by atoms with van der Waals surface area (Å²) >= 11 is 0. The second kappa shape index (κ2) is 5.92. The molecule has 0 bridgehead atoms. The molecule has 0 aliphatic rings. The van der Waals surface area contributed by atoms with Crippen LogP contribution >= 0.6 is 0 Å². The number of sulfonamides is 1. The molecule has 6 nitrogen and oxygen atoms in total. The molecule has 1 heterocycles. The summed E-state index contributed by atoms with van der Waals surface area (Å²) < 4.78 is 25.0. The van der Waals surface area contributed by atoms with E-state index < -0.39 is 10.0 Å². The number of rotatable bonds is 4. The molecular formula is C14H15N3O3S. The quantitative estimate of drug-likeness (QED) is 0.904. The van der Waals surface area contributed by atoms with E-state index in [1.54, 1.807) is 43.6 Å². The first-order valence-corrected chi connectivity index (χ1v) is 8.04. The van der Waals surface area contributed by atoms with Crippen molar-refractivity contribution >= 4 is 27.3 Å². The number of benzene rings is 1. The highest BCUT2D eigenvalue weighted by Crippen LogP contribution is 2.19. The zero-order valence-electron chi connectivity index (χ0n) is 11.6. The van der Waals surface area contributed by atoms with E-state index in [1.807, 2.05) is 0 Å². The largest absolute Gasteiger partial charge is 0.322 e. The SMILES string of the molecule is Cc1ccc(C(=O)Nc2ccncc2)cc1NS(C)(=O)=O. The van der Waals surface area contributed by atoms with E-state index in [4.69, 9.17) is 0 Å². The van der Waals surface area contributed by atoms with Crippen LogP contribution in [-0.2, 0) is 10.0 Å². The van der Waals surface area contributed by atoms with Gasteiger partial charge in [-0.3, -0.25) is 14.5 Å². The van der Waals surface area contributed by atoms with Gasteiger partial charge >= 0.3 is 0 Å². The number of nitrogens with one attached hydrogen (secondary N) is 2. The fraction of sp³-hybridized carbons (Fsp3) is 0.143. The number of carbonyl (C=O) groups is 1. The first-order chi connectivity index (χ1) is 9.85. The first kappa shape index (κ1) is 15.0. The molecule has 0 unspecified atom stereocenters. The monoisotopic (exact) mass is 305 g/mol. The zero-order valence-corrected chi connectivity index (χ0v) is 12.4. The maximum Gasteiger partial charge on any atom is 0.255 e. The maximum atomic E-state index is 12.1. The van der Waals surface area contributed by atoms with Crippen LogP contribution in [0.4, 0.5) is 11.4 Å². The van der Waals surface area contributed by atoms with Crippen molar-refractivity contribution in [1.29, 1.82) is 0 Å². The third-order valence-corrected chi connectivity index (χ3v) is 3.32. The van der Waals surface area contributed by atoms with Crippen molar-refractivity contribution in [3.63, 3.8) is 0 Å². The van der Waals surface area contributed by atoms with Gasteiger partial charge in [-0.25, -0.2) is 8.42 Å². The van der Waals surface area contributed by atoms with Gasteiger partial charge in [0.2, 0.25) is 10.0 Å². The Kier molecular flexibility index (Phi) is 4.23. The molecule has 0 atom stereocenters. The van der Waals surface area contributed by atoms with Gasteiger partial charge in [0.1, 0.15) is 0 Å². The van der Waals surface area contributed by atoms with Gasteiger partial charge in [-0.2, -0.15) is 0 Å². The van der Waals surface area contributed by atoms with Gasteiger partial charge < -0.3 is 5.32 Å². The van der Waals surface area contributed by atoms with Gasteiger partial charge in [0.15, 0.2) is 0 Å². The van der Waals surface area contributed by atoms with Gasteiger partial charge in [0, 0.05) is 23.6 Å². The summed E-state index contributed by atoms with van der Waals surface area (Å²) in [6, 6.07) is 8.17. The fourth-order valence-electron chi connectivity index (χ4n) is 1.71. The molecular weight excluding hydrogens is 290 g/mol. The molecule has 1 aromatic heterocycles. The third-order valence-electron chi connectivity index (χ3n) is 2.73. The zero-order chi connectivity index (χ0) is 15.5. The number of amides is 1. The van der Waals surface area contributed by atoms with E-state index in [9.17, 15) is 13.2 Å². The second-order valence-corrected chi connectivity index (χ2v) is 6.34. The molecule has 1 amide bonds. The predicted molar refractivity (Wildman–Crippen MR) is 81.8 cm³/mol. The summed E-state index contributed by atoms with van der Waals surface area (Å²) in [7, 11) is -3.39. The summed E-state index contributed by atoms with van der Waals surface area (Å²) in [5, 5.41) is 2.71. The topological polar surface area (TPSA) is 88.2 Å². The number of nitrogens with zero attached hydrogens (tertiary/aromatic N) is 1. The van der Waals surface area contributed by atoms with Crippen LogP contribution in [0.15, 0.2) is 42.7 Å². The number of carbonyl (C=O) groups excluding carboxylic acids is 1. The number of anilines is 2. The molecule has 2 N–H and O–H groups in total. The van der Waals surface area contributed by atoms with E-state index in [0.717, 1.165) is 11.8 Å². The van der Waals surface area contributed by atoms with Crippen molar-refractivity contribution in [1.82, 2.24) is 4.98 Å². The average molecular weight is 305 g/mol. The Morgan fingerprint density at radius 1 is 1.14 bits per heavy atom. The molecule has 2 rings (SSSR count). The van der Waals surface area contributed by atoms with Crippen LogP contribution < -0.4 is 10.0 Å². The van der Waals surface area contributed by atoms with Crippen LogP contribution in [0.25, 0.3) is 0 Å². The van der Waals surface area contributed by atoms with Crippen LogP contribution in [0.1, 0.15) is 15.9 Å². The molecule has 0 aliphatic heterocycles. The van der Waals surface area contributed by atoms with Crippen molar-refractivity contribution in [3.8, 4) is 0 Å². The van der Waals surface area contributed by atoms with Crippen LogP contribution in [0.3, 0.4) is 0 Å². The maximum absolute atomic E-state index is 12.1. The van der Waals surface area contributed by atoms with Crippen LogP contribution in [0.5, 0.6) is 0 Å². The second-order valence-electron chi connectivity index (χ2n) is 4.59. The Balaban J connectivity index is 2.24.